The van der Waals surface area contributed by atoms with Crippen molar-refractivity contribution in [1.82, 2.24) is 5.32 Å². The van der Waals surface area contributed by atoms with Gasteiger partial charge in [-0.3, -0.25) is 9.59 Å². The number of ether oxygens (including phenoxy) is 3. The molecule has 4 aliphatic heterocycles. The van der Waals surface area contributed by atoms with Crippen molar-refractivity contribution in [2.75, 3.05) is 58.4 Å². The number of fused-ring (bicyclic) bond motifs is 4. The molecule has 3 aromatic carbocycles. The fourth-order valence-corrected chi connectivity index (χ4v) is 9.46. The van der Waals surface area contributed by atoms with Crippen molar-refractivity contribution in [2.24, 2.45) is 11.8 Å². The number of aliphatic hydroxyl groups excluding tert-OH is 1. The number of amides is 1. The first-order chi connectivity index (χ1) is 26.1. The number of piperidine rings is 3. The highest BCUT2D eigenvalue weighted by Gasteiger charge is 2.48. The van der Waals surface area contributed by atoms with Crippen LogP contribution < -0.4 is 20.1 Å². The lowest BCUT2D eigenvalue weighted by Crippen LogP contribution is -2.65. The highest BCUT2D eigenvalue weighted by Crippen LogP contribution is 2.43. The van der Waals surface area contributed by atoms with Crippen molar-refractivity contribution >= 4 is 29.0 Å². The van der Waals surface area contributed by atoms with Crippen LogP contribution >= 0.6 is 11.6 Å². The molecule has 11 nitrogen and oxygen atoms in total. The fourth-order valence-electron chi connectivity index (χ4n) is 9.20. The molecule has 3 aromatic rings. The maximum Gasteiger partial charge on any atom is 0.262 e. The molecule has 1 amide bonds. The second kappa shape index (κ2) is 16.6. The number of hydrogen-bond acceptors (Lipinski definition) is 9. The van der Waals surface area contributed by atoms with E-state index in [0.29, 0.717) is 58.8 Å². The number of quaternary nitrogens is 1. The summed E-state index contributed by atoms with van der Waals surface area (Å²) in [5, 5.41) is 39.5. The first-order valence-electron chi connectivity index (χ1n) is 19.4. The van der Waals surface area contributed by atoms with Gasteiger partial charge in [0, 0.05) is 60.5 Å². The maximum absolute atomic E-state index is 13.5. The lowest BCUT2D eigenvalue weighted by molar-refractivity contribution is -0.946. The topological polar surface area (TPSA) is 147 Å². The number of hydrogen-bond donors (Lipinski definition) is 5. The molecule has 5 aliphatic rings. The lowest BCUT2D eigenvalue weighted by atomic mass is 9.80. The van der Waals surface area contributed by atoms with Gasteiger partial charge in [-0.15, -0.1) is 0 Å². The summed E-state index contributed by atoms with van der Waals surface area (Å²) < 4.78 is 18.8. The highest BCUT2D eigenvalue weighted by molar-refractivity contribution is 6.31. The summed E-state index contributed by atoms with van der Waals surface area (Å²) in [4.78, 5) is 25.2. The number of carbonyl (C=O) groups excluding carboxylic acids is 2. The van der Waals surface area contributed by atoms with Crippen LogP contribution in [0.5, 0.6) is 17.2 Å². The Hall–Kier alpha value is -3.71. The molecule has 1 saturated carbocycles. The molecule has 2 bridgehead atoms. The number of aliphatic hydroxyl groups is 2. The third kappa shape index (κ3) is 8.41. The molecule has 4 fully saturated rings. The van der Waals surface area contributed by atoms with Crippen LogP contribution in [0.1, 0.15) is 73.3 Å². The summed E-state index contributed by atoms with van der Waals surface area (Å²) in [6.07, 6.45) is 6.17. The quantitative estimate of drug-likeness (QED) is 0.121. The van der Waals surface area contributed by atoms with Crippen LogP contribution in [0.2, 0.25) is 5.02 Å². The number of halogens is 1. The van der Waals surface area contributed by atoms with E-state index < -0.39 is 11.7 Å². The van der Waals surface area contributed by atoms with Crippen molar-refractivity contribution in [1.29, 1.82) is 0 Å². The fraction of sp³-hybridized carbons (Fsp3) is 0.524. The van der Waals surface area contributed by atoms with E-state index in [2.05, 4.69) is 10.6 Å². The normalized spacial score (nSPS) is 24.0. The Morgan fingerprint density at radius 1 is 1.09 bits per heavy atom. The number of Topliss-reactive ketones (excluding diaryl/α,β-unsaturated/α-hetero) is 1. The predicted octanol–water partition coefficient (Wildman–Crippen LogP) is 5.41. The van der Waals surface area contributed by atoms with Gasteiger partial charge in [0.25, 0.3) is 5.91 Å². The van der Waals surface area contributed by atoms with Gasteiger partial charge >= 0.3 is 0 Å². The van der Waals surface area contributed by atoms with E-state index in [0.717, 1.165) is 80.3 Å². The van der Waals surface area contributed by atoms with Gasteiger partial charge < -0.3 is 44.6 Å². The van der Waals surface area contributed by atoms with Crippen LogP contribution in [0.4, 0.5) is 5.69 Å². The standard InChI is InChI=1S/C42H52ClN3O8/c1-52-38-19-28(35(43)18-29(38)22-44-23-37(49)34-20-33(48)21-36-41(34)53-25-40(50)45-36)17-32(47)13-16-46-14-11-27(12-15-46)39(24-46)54-26-42(51,31-9-5-6-10-31)30-7-3-2-4-8-30/h2-4,7-8,18-21,27,31,37,39,44,49,51H,5-6,9-17,22-26H2,1H3,(H-,45,48,50)/p+1/t27?,37-,39-,42+,46?/m0/s1. The van der Waals surface area contributed by atoms with Crippen LogP contribution in [0.15, 0.2) is 54.6 Å². The smallest absolute Gasteiger partial charge is 0.262 e. The average Bonchev–Trinajstić information content (AvgIpc) is 3.74. The summed E-state index contributed by atoms with van der Waals surface area (Å²) >= 11 is 6.74. The Labute approximate surface area is 322 Å². The third-order valence-corrected chi connectivity index (χ3v) is 12.7. The second-order valence-corrected chi connectivity index (χ2v) is 16.2. The molecular weight excluding hydrogens is 710 g/mol. The number of anilines is 1. The maximum atomic E-state index is 13.5. The first-order valence-corrected chi connectivity index (χ1v) is 19.7. The molecule has 4 heterocycles. The Kier molecular flexibility index (Phi) is 11.8. The van der Waals surface area contributed by atoms with E-state index >= 15 is 0 Å². The molecule has 0 spiro atoms. The Balaban J connectivity index is 0.927. The number of aromatic hydroxyl groups is 1. The number of ketones is 1. The SMILES string of the molecule is COc1cc(CC(=O)CC[N+]23CCC(CC2)[C@@H](OC[C@@](O)(c2ccccc2)C2CCCC2)C3)c(Cl)cc1CNC[C@H](O)c1cc(O)cc2c1OCC(=O)N2. The average molecular weight is 763 g/mol. The zero-order valence-electron chi connectivity index (χ0n) is 31.0. The van der Waals surface area contributed by atoms with E-state index in [9.17, 15) is 24.9 Å². The molecule has 1 aliphatic carbocycles. The van der Waals surface area contributed by atoms with E-state index in [1.54, 1.807) is 13.2 Å². The van der Waals surface area contributed by atoms with E-state index in [-0.39, 0.29) is 49.0 Å². The monoisotopic (exact) mass is 762 g/mol. The van der Waals surface area contributed by atoms with Gasteiger partial charge in [-0.2, -0.15) is 0 Å². The number of phenols is 1. The minimum Gasteiger partial charge on any atom is -0.508 e. The molecule has 8 rings (SSSR count). The number of benzene rings is 3. The number of methoxy groups -OCH3 is 1. The zero-order chi connectivity index (χ0) is 37.9. The van der Waals surface area contributed by atoms with Gasteiger partial charge in [-0.05, 0) is 48.1 Å². The van der Waals surface area contributed by atoms with Crippen molar-refractivity contribution in [2.45, 2.75) is 75.7 Å². The zero-order valence-corrected chi connectivity index (χ0v) is 31.8. The molecule has 54 heavy (non-hydrogen) atoms. The number of nitrogens with zero attached hydrogens (tertiary/aromatic N) is 1. The van der Waals surface area contributed by atoms with Crippen molar-refractivity contribution < 1.29 is 43.6 Å². The van der Waals surface area contributed by atoms with E-state index in [4.69, 9.17) is 25.8 Å². The highest BCUT2D eigenvalue weighted by atomic mass is 35.5. The van der Waals surface area contributed by atoms with E-state index in [1.807, 2.05) is 36.4 Å². The van der Waals surface area contributed by atoms with Crippen LogP contribution in [0.3, 0.4) is 0 Å². The summed E-state index contributed by atoms with van der Waals surface area (Å²) in [5.74, 6) is 1.29. The predicted molar refractivity (Wildman–Crippen MR) is 205 cm³/mol. The Morgan fingerprint density at radius 2 is 1.85 bits per heavy atom. The van der Waals surface area contributed by atoms with Gasteiger partial charge in [0.05, 0.1) is 51.6 Å². The van der Waals surface area contributed by atoms with Gasteiger partial charge in [0.15, 0.2) is 6.61 Å². The molecule has 3 saturated heterocycles. The van der Waals surface area contributed by atoms with Crippen LogP contribution in [-0.2, 0) is 32.9 Å². The number of phenolic OH excluding ortho intramolecular Hbond substituents is 1. The number of nitrogens with one attached hydrogen (secondary N) is 2. The van der Waals surface area contributed by atoms with Crippen LogP contribution in [0.25, 0.3) is 0 Å². The van der Waals surface area contributed by atoms with Crippen molar-refractivity contribution in [3.8, 4) is 17.2 Å². The van der Waals surface area contributed by atoms with Crippen molar-refractivity contribution in [3.63, 3.8) is 0 Å². The van der Waals surface area contributed by atoms with Gasteiger partial charge in [-0.1, -0.05) is 54.8 Å². The summed E-state index contributed by atoms with van der Waals surface area (Å²) in [7, 11) is 1.57. The lowest BCUT2D eigenvalue weighted by Gasteiger charge is -2.53. The first kappa shape index (κ1) is 38.6. The molecule has 0 unspecified atom stereocenters. The Bertz CT molecular complexity index is 1810. The van der Waals surface area contributed by atoms with Crippen molar-refractivity contribution in [3.05, 3.63) is 81.9 Å². The summed E-state index contributed by atoms with van der Waals surface area (Å²) in [6.45, 7) is 4.30. The molecule has 290 valence electrons. The van der Waals surface area contributed by atoms with Crippen LogP contribution in [-0.4, -0.2) is 90.6 Å². The summed E-state index contributed by atoms with van der Waals surface area (Å²) in [6, 6.07) is 16.4. The third-order valence-electron chi connectivity index (χ3n) is 12.3. The summed E-state index contributed by atoms with van der Waals surface area (Å²) in [5.41, 5.74) is 2.10. The second-order valence-electron chi connectivity index (χ2n) is 15.8. The number of rotatable bonds is 16. The molecule has 0 aromatic heterocycles. The van der Waals surface area contributed by atoms with Gasteiger partial charge in [-0.25, -0.2) is 0 Å². The largest absolute Gasteiger partial charge is 0.508 e. The number of carbonyl (C=O) groups is 2. The minimum atomic E-state index is -1.03. The molecule has 0 radical (unpaired) electrons. The van der Waals surface area contributed by atoms with Gasteiger partial charge in [0.2, 0.25) is 0 Å². The molecule has 5 N–H and O–H groups in total. The molecule has 3 atom stereocenters. The molecular formula is C42H53ClN3O8+. The minimum absolute atomic E-state index is 0.0708. The van der Waals surface area contributed by atoms with Crippen LogP contribution in [0, 0.1) is 11.8 Å². The Morgan fingerprint density at radius 3 is 2.59 bits per heavy atom. The van der Waals surface area contributed by atoms with E-state index in [1.165, 1.54) is 12.1 Å². The van der Waals surface area contributed by atoms with Gasteiger partial charge in [0.1, 0.15) is 41.3 Å². The molecule has 12 heteroatoms.